The van der Waals surface area contributed by atoms with E-state index in [2.05, 4.69) is 11.1 Å². The van der Waals surface area contributed by atoms with Crippen molar-refractivity contribution in [3.63, 3.8) is 0 Å². The van der Waals surface area contributed by atoms with Gasteiger partial charge in [-0.15, -0.1) is 0 Å². The van der Waals surface area contributed by atoms with Gasteiger partial charge in [-0.25, -0.2) is 4.98 Å². The van der Waals surface area contributed by atoms with Crippen LogP contribution in [0.1, 0.15) is 36.6 Å². The fraction of sp³-hybridized carbons (Fsp3) is 0.391. The van der Waals surface area contributed by atoms with Crippen LogP contribution < -0.4 is 10.3 Å². The lowest BCUT2D eigenvalue weighted by Gasteiger charge is -2.19. The smallest absolute Gasteiger partial charge is 0.262 e. The molecule has 0 fully saturated rings. The van der Waals surface area contributed by atoms with Crippen LogP contribution >= 0.6 is 11.8 Å². The van der Waals surface area contributed by atoms with Crippen molar-refractivity contribution in [1.82, 2.24) is 9.55 Å². The minimum atomic E-state index is -0.678. The second kappa shape index (κ2) is 9.01. The van der Waals surface area contributed by atoms with Gasteiger partial charge in [0.15, 0.2) is 5.16 Å². The molecule has 0 radical (unpaired) electrons. The molecule has 0 aliphatic heterocycles. The van der Waals surface area contributed by atoms with Crippen LogP contribution in [-0.4, -0.2) is 33.1 Å². The number of ether oxygens (including phenoxy) is 1. The van der Waals surface area contributed by atoms with E-state index in [-0.39, 0.29) is 18.2 Å². The number of rotatable bonds is 7. The predicted molar refractivity (Wildman–Crippen MR) is 119 cm³/mol. The van der Waals surface area contributed by atoms with Crippen LogP contribution in [-0.2, 0) is 0 Å². The molecule has 0 spiro atoms. The van der Waals surface area contributed by atoms with E-state index in [4.69, 9.17) is 4.74 Å². The minimum Gasteiger partial charge on any atom is -0.490 e. The van der Waals surface area contributed by atoms with Crippen molar-refractivity contribution < 1.29 is 9.84 Å². The SMILES string of the molecule is Cc1ccc(C)c(OC[C@H](O)CSc2nc3ccccc3c(=O)n2C(C)C)c1C. The molecule has 3 aromatic rings. The van der Waals surface area contributed by atoms with Crippen LogP contribution in [0.4, 0.5) is 0 Å². The summed E-state index contributed by atoms with van der Waals surface area (Å²) in [7, 11) is 0. The van der Waals surface area contributed by atoms with Crippen LogP contribution in [0.25, 0.3) is 10.9 Å². The lowest BCUT2D eigenvalue weighted by Crippen LogP contribution is -2.26. The van der Waals surface area contributed by atoms with E-state index < -0.39 is 6.10 Å². The normalized spacial score (nSPS) is 12.5. The van der Waals surface area contributed by atoms with E-state index in [9.17, 15) is 9.90 Å². The van der Waals surface area contributed by atoms with Gasteiger partial charge in [0.2, 0.25) is 0 Å². The molecule has 1 atom stereocenters. The summed E-state index contributed by atoms with van der Waals surface area (Å²) in [5.74, 6) is 1.22. The van der Waals surface area contributed by atoms with Gasteiger partial charge in [0, 0.05) is 11.8 Å². The third kappa shape index (κ3) is 4.65. The maximum absolute atomic E-state index is 12.9. The highest BCUT2D eigenvalue weighted by Crippen LogP contribution is 2.26. The maximum atomic E-state index is 12.9. The maximum Gasteiger partial charge on any atom is 0.262 e. The first-order valence-corrected chi connectivity index (χ1v) is 10.8. The Bertz CT molecular complexity index is 1080. The van der Waals surface area contributed by atoms with Crippen LogP contribution in [0.3, 0.4) is 0 Å². The third-order valence-electron chi connectivity index (χ3n) is 4.99. The molecular weight excluding hydrogens is 384 g/mol. The van der Waals surface area contributed by atoms with E-state index >= 15 is 0 Å². The number of hydrogen-bond donors (Lipinski definition) is 1. The third-order valence-corrected chi connectivity index (χ3v) is 6.09. The van der Waals surface area contributed by atoms with E-state index in [1.165, 1.54) is 11.8 Å². The molecule has 0 aliphatic carbocycles. The Kier molecular flexibility index (Phi) is 6.65. The van der Waals surface area contributed by atoms with Crippen molar-refractivity contribution in [2.75, 3.05) is 12.4 Å². The van der Waals surface area contributed by atoms with Gasteiger partial charge in [-0.2, -0.15) is 0 Å². The van der Waals surface area contributed by atoms with Gasteiger partial charge in [-0.05, 0) is 63.4 Å². The summed E-state index contributed by atoms with van der Waals surface area (Å²) in [6, 6.07) is 11.4. The molecule has 1 aromatic heterocycles. The summed E-state index contributed by atoms with van der Waals surface area (Å²) in [6.45, 7) is 10.2. The number of hydrogen-bond acceptors (Lipinski definition) is 5. The topological polar surface area (TPSA) is 64.3 Å². The molecule has 1 N–H and O–H groups in total. The Morgan fingerprint density at radius 1 is 1.10 bits per heavy atom. The summed E-state index contributed by atoms with van der Waals surface area (Å²) in [6.07, 6.45) is -0.678. The molecule has 0 saturated heterocycles. The van der Waals surface area contributed by atoms with Crippen LogP contribution in [0.2, 0.25) is 0 Å². The van der Waals surface area contributed by atoms with E-state index in [0.717, 1.165) is 22.4 Å². The van der Waals surface area contributed by atoms with E-state index in [1.807, 2.05) is 58.9 Å². The lowest BCUT2D eigenvalue weighted by atomic mass is 10.1. The van der Waals surface area contributed by atoms with E-state index in [1.54, 1.807) is 10.6 Å². The first-order chi connectivity index (χ1) is 13.8. The Morgan fingerprint density at radius 3 is 2.52 bits per heavy atom. The van der Waals surface area contributed by atoms with Crippen molar-refractivity contribution in [2.24, 2.45) is 0 Å². The number of aliphatic hydroxyl groups is 1. The Hall–Kier alpha value is -2.31. The Morgan fingerprint density at radius 2 is 1.79 bits per heavy atom. The average Bonchev–Trinajstić information content (AvgIpc) is 2.69. The summed E-state index contributed by atoms with van der Waals surface area (Å²) < 4.78 is 7.61. The fourth-order valence-electron chi connectivity index (χ4n) is 3.23. The quantitative estimate of drug-likeness (QED) is 0.459. The standard InChI is InChI=1S/C23H28N2O3S/c1-14(2)25-22(27)19-8-6-7-9-20(19)24-23(25)29-13-18(26)12-28-21-16(4)11-10-15(3)17(21)5/h6-11,14,18,26H,12-13H2,1-5H3/t18-/m0/s1. The zero-order chi connectivity index (χ0) is 21.1. The number of aliphatic hydroxyl groups excluding tert-OH is 1. The van der Waals surface area contributed by atoms with Crippen molar-refractivity contribution in [3.8, 4) is 5.75 Å². The molecule has 0 bridgehead atoms. The molecule has 0 amide bonds. The van der Waals surface area contributed by atoms with Crippen LogP contribution in [0.5, 0.6) is 5.75 Å². The summed E-state index contributed by atoms with van der Waals surface area (Å²) in [4.78, 5) is 17.5. The highest BCUT2D eigenvalue weighted by atomic mass is 32.2. The molecule has 0 aliphatic rings. The average molecular weight is 413 g/mol. The summed E-state index contributed by atoms with van der Waals surface area (Å²) in [5, 5.41) is 11.7. The van der Waals surface area contributed by atoms with Gasteiger partial charge >= 0.3 is 0 Å². The highest BCUT2D eigenvalue weighted by molar-refractivity contribution is 7.99. The Balaban J connectivity index is 1.74. The first-order valence-electron chi connectivity index (χ1n) is 9.81. The van der Waals surface area contributed by atoms with Gasteiger partial charge in [0.25, 0.3) is 5.56 Å². The van der Waals surface area contributed by atoms with Crippen molar-refractivity contribution >= 4 is 22.7 Å². The molecule has 154 valence electrons. The molecule has 1 heterocycles. The number of thioether (sulfide) groups is 1. The molecule has 6 heteroatoms. The zero-order valence-electron chi connectivity index (χ0n) is 17.6. The first kappa shape index (κ1) is 21.4. The molecule has 2 aromatic carbocycles. The number of aryl methyl sites for hydroxylation is 2. The molecule has 29 heavy (non-hydrogen) atoms. The van der Waals surface area contributed by atoms with Crippen molar-refractivity contribution in [1.29, 1.82) is 0 Å². The van der Waals surface area contributed by atoms with Gasteiger partial charge in [-0.1, -0.05) is 36.0 Å². The number of para-hydroxylation sites is 1. The molecule has 5 nitrogen and oxygen atoms in total. The van der Waals surface area contributed by atoms with Crippen LogP contribution in [0, 0.1) is 20.8 Å². The summed E-state index contributed by atoms with van der Waals surface area (Å²) in [5.41, 5.74) is 3.93. The number of aromatic nitrogens is 2. The van der Waals surface area contributed by atoms with Gasteiger partial charge in [0.1, 0.15) is 12.4 Å². The summed E-state index contributed by atoms with van der Waals surface area (Å²) >= 11 is 1.38. The number of nitrogens with zero attached hydrogens (tertiary/aromatic N) is 2. The minimum absolute atomic E-state index is 0.0203. The molecular formula is C23H28N2O3S. The van der Waals surface area contributed by atoms with E-state index in [0.29, 0.717) is 21.8 Å². The largest absolute Gasteiger partial charge is 0.490 e. The van der Waals surface area contributed by atoms with Crippen LogP contribution in [0.15, 0.2) is 46.3 Å². The van der Waals surface area contributed by atoms with Gasteiger partial charge in [-0.3, -0.25) is 9.36 Å². The second-order valence-electron chi connectivity index (χ2n) is 7.61. The lowest BCUT2D eigenvalue weighted by molar-refractivity contribution is 0.125. The highest BCUT2D eigenvalue weighted by Gasteiger charge is 2.16. The molecule has 3 rings (SSSR count). The number of fused-ring (bicyclic) bond motifs is 1. The van der Waals surface area contributed by atoms with Gasteiger partial charge < -0.3 is 9.84 Å². The fourth-order valence-corrected chi connectivity index (χ4v) is 4.26. The molecule has 0 unspecified atom stereocenters. The second-order valence-corrected chi connectivity index (χ2v) is 8.60. The van der Waals surface area contributed by atoms with Gasteiger partial charge in [0.05, 0.1) is 17.0 Å². The molecule has 0 saturated carbocycles. The predicted octanol–water partition coefficient (Wildman–Crippen LogP) is 4.43. The Labute approximate surface area is 175 Å². The monoisotopic (exact) mass is 412 g/mol. The zero-order valence-corrected chi connectivity index (χ0v) is 18.4. The van der Waals surface area contributed by atoms with Crippen molar-refractivity contribution in [2.45, 2.75) is 51.9 Å². The number of benzene rings is 2. The van der Waals surface area contributed by atoms with Crippen molar-refractivity contribution in [3.05, 3.63) is 63.4 Å².